The average molecular weight is 561 g/mol. The van der Waals surface area contributed by atoms with Gasteiger partial charge in [0.15, 0.2) is 5.82 Å². The predicted octanol–water partition coefficient (Wildman–Crippen LogP) is 3.87. The summed E-state index contributed by atoms with van der Waals surface area (Å²) in [5.74, 6) is -0.426. The van der Waals surface area contributed by atoms with Crippen LogP contribution in [0.5, 0.6) is 5.75 Å². The number of amides is 2. The van der Waals surface area contributed by atoms with Crippen molar-refractivity contribution in [2.24, 2.45) is 5.41 Å². The van der Waals surface area contributed by atoms with Gasteiger partial charge in [-0.25, -0.2) is 9.49 Å². The number of H-pyrrole nitrogens is 1. The normalized spacial score (nSPS) is 15.3. The van der Waals surface area contributed by atoms with E-state index >= 15 is 0 Å². The number of carbonyl (C=O) groups is 2. The number of halogens is 1. The molecule has 1 saturated heterocycles. The minimum Gasteiger partial charge on any atom is -0.496 e. The monoisotopic (exact) mass is 560 g/mol. The van der Waals surface area contributed by atoms with Crippen molar-refractivity contribution < 1.29 is 18.7 Å². The lowest BCUT2D eigenvalue weighted by molar-refractivity contribution is -0.138. The highest BCUT2D eigenvalue weighted by atomic mass is 19.1. The summed E-state index contributed by atoms with van der Waals surface area (Å²) in [6.45, 7) is 7.01. The first kappa shape index (κ1) is 27.9. The van der Waals surface area contributed by atoms with Crippen molar-refractivity contribution in [3.8, 4) is 16.9 Å². The Labute approximate surface area is 236 Å². The first-order valence-corrected chi connectivity index (χ1v) is 13.4. The van der Waals surface area contributed by atoms with Crippen LogP contribution in [0.3, 0.4) is 0 Å². The van der Waals surface area contributed by atoms with Gasteiger partial charge in [0.25, 0.3) is 11.5 Å². The first-order valence-electron chi connectivity index (χ1n) is 13.4. The second-order valence-electron chi connectivity index (χ2n) is 11.3. The molecule has 0 radical (unpaired) electrons. The average Bonchev–Trinajstić information content (AvgIpc) is 3.59. The minimum absolute atomic E-state index is 0.0743. The molecule has 1 unspecified atom stereocenters. The Balaban J connectivity index is 1.40. The maximum absolute atomic E-state index is 13.7. The van der Waals surface area contributed by atoms with Crippen molar-refractivity contribution in [2.75, 3.05) is 25.9 Å². The van der Waals surface area contributed by atoms with Gasteiger partial charge in [0, 0.05) is 36.8 Å². The number of nitrogens with one attached hydrogen (secondary N) is 2. The molecule has 1 aliphatic heterocycles. The van der Waals surface area contributed by atoms with Gasteiger partial charge in [-0.3, -0.25) is 14.4 Å². The highest BCUT2D eigenvalue weighted by molar-refractivity contribution is 6.02. The highest BCUT2D eigenvalue weighted by Crippen LogP contribution is 2.36. The van der Waals surface area contributed by atoms with Crippen molar-refractivity contribution >= 4 is 28.5 Å². The van der Waals surface area contributed by atoms with E-state index in [0.29, 0.717) is 30.4 Å². The van der Waals surface area contributed by atoms with E-state index in [2.05, 4.69) is 15.5 Å². The number of aromatic nitrogens is 3. The van der Waals surface area contributed by atoms with Gasteiger partial charge in [-0.2, -0.15) is 5.10 Å². The third-order valence-electron chi connectivity index (χ3n) is 7.39. The number of ether oxygens (including phenoxy) is 1. The molecular formula is C30H33FN6O4. The molecule has 4 aromatic rings. The molecule has 2 aromatic carbocycles. The molecule has 2 amide bonds. The van der Waals surface area contributed by atoms with Gasteiger partial charge in [0.1, 0.15) is 17.1 Å². The van der Waals surface area contributed by atoms with E-state index in [-0.39, 0.29) is 41.2 Å². The molecule has 214 valence electrons. The smallest absolute Gasteiger partial charge is 0.288 e. The second kappa shape index (κ2) is 10.7. The van der Waals surface area contributed by atoms with Crippen LogP contribution < -0.4 is 21.3 Å². The van der Waals surface area contributed by atoms with Crippen LogP contribution in [0.15, 0.2) is 53.5 Å². The molecule has 1 aliphatic rings. The van der Waals surface area contributed by atoms with Crippen LogP contribution >= 0.6 is 0 Å². The number of aromatic amines is 1. The van der Waals surface area contributed by atoms with E-state index in [1.54, 1.807) is 0 Å². The molecule has 5 rings (SSSR count). The van der Waals surface area contributed by atoms with Gasteiger partial charge >= 0.3 is 0 Å². The molecule has 0 saturated carbocycles. The SMILES string of the molecule is COc1ccc(F)cc1C(=O)NCc1ccc(-c2cn(C3CCN(C(=O)C(C)(C)C)C3)c3c(=O)[nH]nc(N)c23)cc1. The van der Waals surface area contributed by atoms with Crippen LogP contribution in [0.1, 0.15) is 49.2 Å². The number of rotatable bonds is 6. The zero-order valence-corrected chi connectivity index (χ0v) is 23.5. The molecule has 11 heteroatoms. The molecule has 0 aliphatic carbocycles. The summed E-state index contributed by atoms with van der Waals surface area (Å²) >= 11 is 0. The number of hydrogen-bond donors (Lipinski definition) is 3. The van der Waals surface area contributed by atoms with E-state index in [1.807, 2.05) is 60.7 Å². The highest BCUT2D eigenvalue weighted by Gasteiger charge is 2.34. The number of likely N-dealkylation sites (tertiary alicyclic amines) is 1. The number of carbonyl (C=O) groups excluding carboxylic acids is 2. The number of benzene rings is 2. The van der Waals surface area contributed by atoms with Crippen molar-refractivity contribution in [3.05, 3.63) is 76.0 Å². The molecule has 3 heterocycles. The fourth-order valence-electron chi connectivity index (χ4n) is 5.31. The Morgan fingerprint density at radius 2 is 1.93 bits per heavy atom. The van der Waals surface area contributed by atoms with Crippen molar-refractivity contribution in [3.63, 3.8) is 0 Å². The molecular weight excluding hydrogens is 527 g/mol. The number of nitrogens with two attached hydrogens (primary N) is 1. The zero-order chi connectivity index (χ0) is 29.5. The van der Waals surface area contributed by atoms with Crippen LogP contribution in [0.25, 0.3) is 22.0 Å². The lowest BCUT2D eigenvalue weighted by Crippen LogP contribution is -2.38. The van der Waals surface area contributed by atoms with Crippen molar-refractivity contribution in [2.45, 2.75) is 39.8 Å². The molecule has 1 atom stereocenters. The fourth-order valence-corrected chi connectivity index (χ4v) is 5.31. The number of fused-ring (bicyclic) bond motifs is 1. The minimum atomic E-state index is -0.529. The summed E-state index contributed by atoms with van der Waals surface area (Å²) in [7, 11) is 1.42. The summed E-state index contributed by atoms with van der Waals surface area (Å²) in [6.07, 6.45) is 2.61. The molecule has 4 N–H and O–H groups in total. The lowest BCUT2D eigenvalue weighted by Gasteiger charge is -2.25. The predicted molar refractivity (Wildman–Crippen MR) is 154 cm³/mol. The third-order valence-corrected chi connectivity index (χ3v) is 7.39. The third kappa shape index (κ3) is 5.39. The second-order valence-corrected chi connectivity index (χ2v) is 11.3. The Morgan fingerprint density at radius 1 is 1.20 bits per heavy atom. The van der Waals surface area contributed by atoms with E-state index < -0.39 is 17.1 Å². The van der Waals surface area contributed by atoms with Gasteiger partial charge < -0.3 is 25.3 Å². The standard InChI is InChI=1S/C30H33FN6O4/c1-30(2,3)29(40)36-12-11-20(15-36)37-16-22(24-25(37)28(39)35-34-26(24)32)18-7-5-17(6-8-18)14-33-27(38)21-13-19(31)9-10-23(21)41-4/h5-10,13,16,20H,11-12,14-15H2,1-4H3,(H2,32,34)(H,33,38)(H,35,39). The van der Waals surface area contributed by atoms with E-state index in [1.165, 1.54) is 19.2 Å². The maximum Gasteiger partial charge on any atom is 0.288 e. The summed E-state index contributed by atoms with van der Waals surface area (Å²) in [4.78, 5) is 40.4. The Kier molecular flexibility index (Phi) is 7.29. The lowest BCUT2D eigenvalue weighted by atomic mass is 9.95. The number of hydrogen-bond acceptors (Lipinski definition) is 6. The summed E-state index contributed by atoms with van der Waals surface area (Å²) in [6, 6.07) is 11.2. The molecule has 0 spiro atoms. The van der Waals surface area contributed by atoms with Crippen molar-refractivity contribution in [1.29, 1.82) is 0 Å². The van der Waals surface area contributed by atoms with E-state index in [0.717, 1.165) is 22.8 Å². The van der Waals surface area contributed by atoms with E-state index in [4.69, 9.17) is 10.5 Å². The van der Waals surface area contributed by atoms with Crippen LogP contribution in [-0.4, -0.2) is 51.7 Å². The molecule has 1 fully saturated rings. The van der Waals surface area contributed by atoms with Gasteiger partial charge in [0.05, 0.1) is 24.1 Å². The number of nitrogen functional groups attached to an aromatic ring is 1. The van der Waals surface area contributed by atoms with Gasteiger partial charge in [-0.15, -0.1) is 0 Å². The summed E-state index contributed by atoms with van der Waals surface area (Å²) in [5.41, 5.74) is 8.33. The number of methoxy groups -OCH3 is 1. The number of nitrogens with zero attached hydrogens (tertiary/aromatic N) is 3. The molecule has 2 aromatic heterocycles. The van der Waals surface area contributed by atoms with Crippen LogP contribution in [0.2, 0.25) is 0 Å². The topological polar surface area (TPSA) is 135 Å². The van der Waals surface area contributed by atoms with Crippen molar-refractivity contribution in [1.82, 2.24) is 25.0 Å². The van der Waals surface area contributed by atoms with Crippen LogP contribution in [0, 0.1) is 11.2 Å². The fraction of sp³-hybridized carbons (Fsp3) is 0.333. The summed E-state index contributed by atoms with van der Waals surface area (Å²) in [5, 5.41) is 9.83. The molecule has 0 bridgehead atoms. The van der Waals surface area contributed by atoms with Gasteiger partial charge in [0.2, 0.25) is 5.91 Å². The largest absolute Gasteiger partial charge is 0.496 e. The van der Waals surface area contributed by atoms with E-state index in [9.17, 15) is 18.8 Å². The zero-order valence-electron chi connectivity index (χ0n) is 23.5. The van der Waals surface area contributed by atoms with Crippen LogP contribution in [-0.2, 0) is 11.3 Å². The molecule has 10 nitrogen and oxygen atoms in total. The van der Waals surface area contributed by atoms with Crippen LogP contribution in [0.4, 0.5) is 10.2 Å². The molecule has 41 heavy (non-hydrogen) atoms. The van der Waals surface area contributed by atoms with Gasteiger partial charge in [-0.1, -0.05) is 45.0 Å². The maximum atomic E-state index is 13.7. The van der Waals surface area contributed by atoms with Gasteiger partial charge in [-0.05, 0) is 35.7 Å². The number of anilines is 1. The summed E-state index contributed by atoms with van der Waals surface area (Å²) < 4.78 is 20.8. The first-order chi connectivity index (χ1) is 19.5. The Hall–Kier alpha value is -4.67. The quantitative estimate of drug-likeness (QED) is 0.328. The Morgan fingerprint density at radius 3 is 2.61 bits per heavy atom. The Bertz CT molecular complexity index is 1690.